The Morgan fingerprint density at radius 3 is 0.806 bits per heavy atom. The van der Waals surface area contributed by atoms with Crippen LogP contribution in [0.5, 0.6) is 0 Å². The third kappa shape index (κ3) is 3.66. The zero-order valence-corrected chi connectivity index (χ0v) is 33.5. The molecule has 0 aromatic heterocycles. The lowest BCUT2D eigenvalue weighted by Gasteiger charge is -2.17. The molecule has 16 rings (SSSR count). The van der Waals surface area contributed by atoms with Crippen molar-refractivity contribution in [3.8, 4) is 22.3 Å². The van der Waals surface area contributed by atoms with Crippen LogP contribution in [0.25, 0.3) is 162 Å². The van der Waals surface area contributed by atoms with Crippen molar-refractivity contribution in [3.05, 3.63) is 194 Å². The quantitative estimate of drug-likeness (QED) is 0.121. The molecule has 0 atom stereocenters. The van der Waals surface area contributed by atoms with Gasteiger partial charge < -0.3 is 0 Å². The van der Waals surface area contributed by atoms with Gasteiger partial charge in [0.15, 0.2) is 0 Å². The minimum Gasteiger partial charge on any atom is -0.0622 e. The molecule has 0 heteroatoms. The molecule has 0 aliphatic carbocycles. The molecule has 0 heterocycles. The second-order valence-corrected chi connectivity index (χ2v) is 17.7. The van der Waals surface area contributed by atoms with E-state index in [0.717, 1.165) is 0 Å². The third-order valence-electron chi connectivity index (χ3n) is 15.0. The minimum atomic E-state index is 1.25. The first-order chi connectivity index (χ1) is 30.8. The molecule has 0 fully saturated rings. The van der Waals surface area contributed by atoms with E-state index in [-0.39, 0.29) is 0 Å². The van der Waals surface area contributed by atoms with Gasteiger partial charge in [-0.2, -0.15) is 0 Å². The highest BCUT2D eigenvalue weighted by atomic mass is 14.3. The largest absolute Gasteiger partial charge is 0.0622 e. The summed E-state index contributed by atoms with van der Waals surface area (Å²) in [5.41, 5.74) is 5.13. The molecule has 0 N–H and O–H groups in total. The Balaban J connectivity index is 1.15. The normalized spacial score (nSPS) is 12.8. The van der Waals surface area contributed by atoms with E-state index in [0.29, 0.717) is 0 Å². The Bertz CT molecular complexity index is 4300. The van der Waals surface area contributed by atoms with E-state index in [1.54, 1.807) is 0 Å². The van der Waals surface area contributed by atoms with Gasteiger partial charge in [0.1, 0.15) is 0 Å². The molecule has 0 saturated carbocycles. The summed E-state index contributed by atoms with van der Waals surface area (Å²) in [7, 11) is 0. The van der Waals surface area contributed by atoms with Gasteiger partial charge in [-0.15, -0.1) is 0 Å². The maximum absolute atomic E-state index is 2.56. The Morgan fingerprint density at radius 2 is 0.452 bits per heavy atom. The van der Waals surface area contributed by atoms with Gasteiger partial charge in [0.05, 0.1) is 0 Å². The van der Waals surface area contributed by atoms with E-state index in [4.69, 9.17) is 0 Å². The van der Waals surface area contributed by atoms with E-state index in [1.807, 2.05) is 0 Å². The van der Waals surface area contributed by atoms with Crippen LogP contribution >= 0.6 is 0 Å². The van der Waals surface area contributed by atoms with Crippen molar-refractivity contribution in [2.45, 2.75) is 0 Å². The molecule has 0 spiro atoms. The molecule has 62 heavy (non-hydrogen) atoms. The number of hydrogen-bond acceptors (Lipinski definition) is 0. The summed E-state index contributed by atoms with van der Waals surface area (Å²) >= 11 is 0. The van der Waals surface area contributed by atoms with Crippen molar-refractivity contribution < 1.29 is 0 Å². The summed E-state index contributed by atoms with van der Waals surface area (Å²) in [5.74, 6) is 0. The Hall–Kier alpha value is -8.06. The molecule has 0 aliphatic heterocycles. The zero-order chi connectivity index (χ0) is 39.9. The molecule has 16 aromatic rings. The fourth-order valence-corrected chi connectivity index (χ4v) is 12.7. The van der Waals surface area contributed by atoms with E-state index in [1.165, 1.54) is 162 Å². The zero-order valence-electron chi connectivity index (χ0n) is 33.5. The summed E-state index contributed by atoms with van der Waals surface area (Å²) in [5, 5.41) is 34.8. The maximum Gasteiger partial charge on any atom is -0.000740 e. The van der Waals surface area contributed by atoms with Gasteiger partial charge in [0.25, 0.3) is 0 Å². The molecule has 0 aliphatic rings. The minimum absolute atomic E-state index is 1.25. The second kappa shape index (κ2) is 11.0. The standard InChI is InChI=1S/C62H32/c1-3-11-35(12-4-1)55-51-31-49-45-25-23-41-37-19-7-15-33-16-8-20-38(53(33)37)42-24-26-46(59(45)57(41)42)50(49)32-52(51)56(36-13-5-2-6-14-36)62-48-30-28-44-40-22-10-18-34-17-9-21-39(54(34)40)43-27-29-47(61(55)62)60(48)58(43)44/h1-32H. The number of hydrogen-bond donors (Lipinski definition) is 0. The van der Waals surface area contributed by atoms with Gasteiger partial charge >= 0.3 is 0 Å². The lowest BCUT2D eigenvalue weighted by atomic mass is 9.85. The van der Waals surface area contributed by atoms with Gasteiger partial charge in [-0.3, -0.25) is 0 Å². The lowest BCUT2D eigenvalue weighted by Crippen LogP contribution is -1.89. The highest BCUT2D eigenvalue weighted by Crippen LogP contribution is 2.56. The van der Waals surface area contributed by atoms with Crippen LogP contribution in [0, 0.1) is 0 Å². The van der Waals surface area contributed by atoms with Crippen LogP contribution in [-0.2, 0) is 0 Å². The molecule has 0 amide bonds. The first kappa shape index (κ1) is 31.8. The number of benzene rings is 14. The van der Waals surface area contributed by atoms with Crippen LogP contribution in [0.15, 0.2) is 194 Å². The first-order valence-corrected chi connectivity index (χ1v) is 21.8. The van der Waals surface area contributed by atoms with Crippen LogP contribution in [0.3, 0.4) is 0 Å². The molecule has 0 saturated heterocycles. The van der Waals surface area contributed by atoms with Crippen molar-refractivity contribution in [1.82, 2.24) is 0 Å². The van der Waals surface area contributed by atoms with E-state index < -0.39 is 0 Å². The van der Waals surface area contributed by atoms with Crippen LogP contribution in [0.1, 0.15) is 0 Å². The van der Waals surface area contributed by atoms with Crippen LogP contribution in [0.2, 0.25) is 0 Å². The molecule has 0 nitrogen and oxygen atoms in total. The molecule has 16 aromatic carbocycles. The summed E-state index contributed by atoms with van der Waals surface area (Å²) in [6, 6.07) is 74.1. The van der Waals surface area contributed by atoms with Crippen molar-refractivity contribution in [2.75, 3.05) is 0 Å². The maximum atomic E-state index is 2.56. The third-order valence-corrected chi connectivity index (χ3v) is 15.0. The Morgan fingerprint density at radius 1 is 0.161 bits per heavy atom. The smallest absolute Gasteiger partial charge is 0.000740 e. The molecular formula is C62H32. The van der Waals surface area contributed by atoms with E-state index >= 15 is 0 Å². The van der Waals surface area contributed by atoms with Crippen LogP contribution < -0.4 is 0 Å². The van der Waals surface area contributed by atoms with E-state index in [2.05, 4.69) is 194 Å². The fourth-order valence-electron chi connectivity index (χ4n) is 12.7. The van der Waals surface area contributed by atoms with Gasteiger partial charge in [0, 0.05) is 0 Å². The van der Waals surface area contributed by atoms with Crippen LogP contribution in [0.4, 0.5) is 0 Å². The van der Waals surface area contributed by atoms with Crippen LogP contribution in [-0.4, -0.2) is 0 Å². The highest BCUT2D eigenvalue weighted by molar-refractivity contribution is 6.48. The summed E-state index contributed by atoms with van der Waals surface area (Å²) in [6.45, 7) is 0. The summed E-state index contributed by atoms with van der Waals surface area (Å²) < 4.78 is 0. The SMILES string of the molecule is c1ccc(-c2c3cc4c(cc3c(-c3ccccc3)c3c5ccc6c7cccc8cccc(c9ccc(c23)c5c96)c87)c2ccc3c5cccc6cccc(c7ccc4c2c73)c65)cc1. The summed E-state index contributed by atoms with van der Waals surface area (Å²) in [6.07, 6.45) is 0. The second-order valence-electron chi connectivity index (χ2n) is 17.7. The predicted molar refractivity (Wildman–Crippen MR) is 270 cm³/mol. The molecule has 0 radical (unpaired) electrons. The van der Waals surface area contributed by atoms with Crippen molar-refractivity contribution in [3.63, 3.8) is 0 Å². The Kier molecular flexibility index (Phi) is 5.64. The van der Waals surface area contributed by atoms with Gasteiger partial charge in [-0.25, -0.2) is 0 Å². The lowest BCUT2D eigenvalue weighted by molar-refractivity contribution is 1.68. The number of fused-ring (bicyclic) bond motifs is 11. The summed E-state index contributed by atoms with van der Waals surface area (Å²) in [4.78, 5) is 0. The van der Waals surface area contributed by atoms with Gasteiger partial charge in [-0.1, -0.05) is 182 Å². The molecule has 0 unspecified atom stereocenters. The molecular weight excluding hydrogens is 745 g/mol. The topological polar surface area (TPSA) is 0 Å². The van der Waals surface area contributed by atoms with E-state index in [9.17, 15) is 0 Å². The van der Waals surface area contributed by atoms with Gasteiger partial charge in [0.2, 0.25) is 0 Å². The highest BCUT2D eigenvalue weighted by Gasteiger charge is 2.27. The fraction of sp³-hybridized carbons (Fsp3) is 0. The van der Waals surface area contributed by atoms with Crippen molar-refractivity contribution in [1.29, 1.82) is 0 Å². The molecule has 0 bridgehead atoms. The van der Waals surface area contributed by atoms with Crippen molar-refractivity contribution >= 4 is 140 Å². The molecule has 280 valence electrons. The average Bonchev–Trinajstić information content (AvgIpc) is 3.84. The average molecular weight is 777 g/mol. The van der Waals surface area contributed by atoms with Crippen molar-refractivity contribution in [2.24, 2.45) is 0 Å². The number of rotatable bonds is 2. The monoisotopic (exact) mass is 776 g/mol. The predicted octanol–water partition coefficient (Wildman–Crippen LogP) is 17.8. The first-order valence-electron chi connectivity index (χ1n) is 21.8. The Labute approximate surface area is 354 Å². The van der Waals surface area contributed by atoms with Gasteiger partial charge in [-0.05, 0) is 174 Å².